The monoisotopic (exact) mass is 403 g/mol. The van der Waals surface area contributed by atoms with E-state index in [-0.39, 0.29) is 5.56 Å². The van der Waals surface area contributed by atoms with Gasteiger partial charge in [0.15, 0.2) is 0 Å². The molecule has 1 nitrogen and oxygen atoms in total. The SMILES string of the molecule is CNC(c1cc(F)c(C)cc1F)c1cc(Br)ccc1Br. The van der Waals surface area contributed by atoms with Gasteiger partial charge in [-0.3, -0.25) is 0 Å². The molecule has 0 aromatic heterocycles. The van der Waals surface area contributed by atoms with Gasteiger partial charge in [0, 0.05) is 14.5 Å². The van der Waals surface area contributed by atoms with Gasteiger partial charge in [0.1, 0.15) is 11.6 Å². The van der Waals surface area contributed by atoms with E-state index in [0.717, 1.165) is 14.5 Å². The Balaban J connectivity index is 2.58. The Bertz CT molecular complexity index is 644. The summed E-state index contributed by atoms with van der Waals surface area (Å²) >= 11 is 6.84. The molecule has 0 radical (unpaired) electrons. The fraction of sp³-hybridized carbons (Fsp3) is 0.200. The Labute approximate surface area is 133 Å². The van der Waals surface area contributed by atoms with Crippen molar-refractivity contribution in [2.75, 3.05) is 7.05 Å². The van der Waals surface area contributed by atoms with E-state index in [4.69, 9.17) is 0 Å². The van der Waals surface area contributed by atoms with Gasteiger partial charge in [-0.15, -0.1) is 0 Å². The predicted octanol–water partition coefficient (Wildman–Crippen LogP) is 5.11. The first-order chi connectivity index (χ1) is 9.43. The predicted molar refractivity (Wildman–Crippen MR) is 83.8 cm³/mol. The molecule has 1 N–H and O–H groups in total. The van der Waals surface area contributed by atoms with Crippen molar-refractivity contribution in [1.82, 2.24) is 5.32 Å². The van der Waals surface area contributed by atoms with Crippen molar-refractivity contribution in [1.29, 1.82) is 0 Å². The van der Waals surface area contributed by atoms with Crippen LogP contribution in [0.5, 0.6) is 0 Å². The first kappa shape index (κ1) is 15.6. The van der Waals surface area contributed by atoms with Gasteiger partial charge in [-0.1, -0.05) is 31.9 Å². The molecule has 1 atom stereocenters. The second-order valence-corrected chi connectivity index (χ2v) is 6.28. The molecule has 0 aliphatic heterocycles. The van der Waals surface area contributed by atoms with Crippen molar-refractivity contribution in [2.45, 2.75) is 13.0 Å². The molecule has 0 aliphatic carbocycles. The van der Waals surface area contributed by atoms with Crippen LogP contribution in [0.1, 0.15) is 22.7 Å². The van der Waals surface area contributed by atoms with Gasteiger partial charge in [0.2, 0.25) is 0 Å². The van der Waals surface area contributed by atoms with E-state index in [2.05, 4.69) is 37.2 Å². The Kier molecular flexibility index (Phi) is 4.94. The maximum absolute atomic E-state index is 14.2. The van der Waals surface area contributed by atoms with Crippen LogP contribution in [0.15, 0.2) is 39.3 Å². The molecule has 0 amide bonds. The standard InChI is InChI=1S/C15H13Br2F2N/c1-8-5-14(19)11(7-13(8)18)15(20-2)10-6-9(16)3-4-12(10)17/h3-7,15,20H,1-2H3. The molecule has 20 heavy (non-hydrogen) atoms. The molecule has 106 valence electrons. The maximum Gasteiger partial charge on any atom is 0.128 e. The summed E-state index contributed by atoms with van der Waals surface area (Å²) < 4.78 is 29.6. The number of halogens is 4. The molecule has 5 heteroatoms. The minimum Gasteiger partial charge on any atom is -0.309 e. The highest BCUT2D eigenvalue weighted by Crippen LogP contribution is 2.32. The summed E-state index contributed by atoms with van der Waals surface area (Å²) in [6, 6.07) is 7.66. The molecule has 1 unspecified atom stereocenters. The van der Waals surface area contributed by atoms with Crippen molar-refractivity contribution in [2.24, 2.45) is 0 Å². The lowest BCUT2D eigenvalue weighted by Gasteiger charge is -2.20. The second-order valence-electron chi connectivity index (χ2n) is 4.51. The van der Waals surface area contributed by atoms with E-state index in [0.29, 0.717) is 5.56 Å². The van der Waals surface area contributed by atoms with Crippen LogP contribution in [0.4, 0.5) is 8.78 Å². The highest BCUT2D eigenvalue weighted by atomic mass is 79.9. The topological polar surface area (TPSA) is 12.0 Å². The van der Waals surface area contributed by atoms with Gasteiger partial charge >= 0.3 is 0 Å². The first-order valence-electron chi connectivity index (χ1n) is 6.01. The molecule has 2 aromatic carbocycles. The van der Waals surface area contributed by atoms with Crippen LogP contribution in [0, 0.1) is 18.6 Å². The molecule has 0 bridgehead atoms. The lowest BCUT2D eigenvalue weighted by atomic mass is 9.97. The smallest absolute Gasteiger partial charge is 0.128 e. The molecular weight excluding hydrogens is 392 g/mol. The van der Waals surface area contributed by atoms with E-state index >= 15 is 0 Å². The van der Waals surface area contributed by atoms with Gasteiger partial charge in [-0.25, -0.2) is 8.78 Å². The van der Waals surface area contributed by atoms with Gasteiger partial charge in [-0.05, 0) is 55.4 Å². The minimum absolute atomic E-state index is 0.286. The lowest BCUT2D eigenvalue weighted by molar-refractivity contribution is 0.553. The Morgan fingerprint density at radius 3 is 2.35 bits per heavy atom. The van der Waals surface area contributed by atoms with Crippen LogP contribution in [0.2, 0.25) is 0 Å². The normalized spacial score (nSPS) is 12.5. The van der Waals surface area contributed by atoms with Crippen LogP contribution >= 0.6 is 31.9 Å². The average Bonchev–Trinajstić information content (AvgIpc) is 2.40. The van der Waals surface area contributed by atoms with E-state index in [1.165, 1.54) is 12.1 Å². The molecule has 2 aromatic rings. The first-order valence-corrected chi connectivity index (χ1v) is 7.60. The molecule has 0 aliphatic rings. The van der Waals surface area contributed by atoms with Crippen LogP contribution in [0.3, 0.4) is 0 Å². The van der Waals surface area contributed by atoms with Crippen molar-refractivity contribution in [3.05, 3.63) is 67.6 Å². The number of nitrogens with one attached hydrogen (secondary N) is 1. The van der Waals surface area contributed by atoms with E-state index in [1.54, 1.807) is 14.0 Å². The number of hydrogen-bond donors (Lipinski definition) is 1. The zero-order valence-electron chi connectivity index (χ0n) is 11.0. The number of hydrogen-bond acceptors (Lipinski definition) is 1. The van der Waals surface area contributed by atoms with Gasteiger partial charge in [-0.2, -0.15) is 0 Å². The van der Waals surface area contributed by atoms with Crippen molar-refractivity contribution in [3.8, 4) is 0 Å². The lowest BCUT2D eigenvalue weighted by Crippen LogP contribution is -2.20. The Morgan fingerprint density at radius 1 is 1.00 bits per heavy atom. The zero-order valence-corrected chi connectivity index (χ0v) is 14.1. The van der Waals surface area contributed by atoms with E-state index < -0.39 is 17.7 Å². The summed E-state index contributed by atoms with van der Waals surface area (Å²) in [5.41, 5.74) is 1.42. The quantitative estimate of drug-likeness (QED) is 0.749. The van der Waals surface area contributed by atoms with E-state index in [9.17, 15) is 8.78 Å². The van der Waals surface area contributed by atoms with Crippen LogP contribution in [-0.2, 0) is 0 Å². The number of rotatable bonds is 3. The largest absolute Gasteiger partial charge is 0.309 e. The van der Waals surface area contributed by atoms with Crippen LogP contribution in [-0.4, -0.2) is 7.05 Å². The van der Waals surface area contributed by atoms with E-state index in [1.807, 2.05) is 18.2 Å². The summed E-state index contributed by atoms with van der Waals surface area (Å²) in [7, 11) is 1.72. The zero-order chi connectivity index (χ0) is 14.9. The van der Waals surface area contributed by atoms with Crippen molar-refractivity contribution < 1.29 is 8.78 Å². The van der Waals surface area contributed by atoms with Crippen LogP contribution < -0.4 is 5.32 Å². The number of aryl methyl sites for hydroxylation is 1. The molecule has 2 rings (SSSR count). The number of benzene rings is 2. The average molecular weight is 405 g/mol. The molecule has 0 fully saturated rings. The highest BCUT2D eigenvalue weighted by Gasteiger charge is 2.20. The third-order valence-electron chi connectivity index (χ3n) is 3.15. The Hall–Kier alpha value is -0.780. The summed E-state index contributed by atoms with van der Waals surface area (Å²) in [6.45, 7) is 1.55. The molecule has 0 heterocycles. The fourth-order valence-electron chi connectivity index (χ4n) is 2.10. The summed E-state index contributed by atoms with van der Waals surface area (Å²) in [5, 5.41) is 3.03. The summed E-state index contributed by atoms with van der Waals surface area (Å²) in [4.78, 5) is 0. The van der Waals surface area contributed by atoms with Crippen molar-refractivity contribution >= 4 is 31.9 Å². The third-order valence-corrected chi connectivity index (χ3v) is 4.36. The Morgan fingerprint density at radius 2 is 1.70 bits per heavy atom. The summed E-state index contributed by atoms with van der Waals surface area (Å²) in [5.74, 6) is -0.831. The molecule has 0 saturated carbocycles. The van der Waals surface area contributed by atoms with Gasteiger partial charge < -0.3 is 5.32 Å². The molecule has 0 spiro atoms. The van der Waals surface area contributed by atoms with Crippen molar-refractivity contribution in [3.63, 3.8) is 0 Å². The third kappa shape index (κ3) is 3.10. The highest BCUT2D eigenvalue weighted by molar-refractivity contribution is 9.11. The maximum atomic E-state index is 14.2. The minimum atomic E-state index is -0.433. The van der Waals surface area contributed by atoms with Crippen LogP contribution in [0.25, 0.3) is 0 Å². The fourth-order valence-corrected chi connectivity index (χ4v) is 2.95. The molecular formula is C15H13Br2F2N. The van der Waals surface area contributed by atoms with Gasteiger partial charge in [0.25, 0.3) is 0 Å². The van der Waals surface area contributed by atoms with Gasteiger partial charge in [0.05, 0.1) is 6.04 Å². The summed E-state index contributed by atoms with van der Waals surface area (Å²) in [6.07, 6.45) is 0. The second kappa shape index (κ2) is 6.33. The molecule has 0 saturated heterocycles.